The summed E-state index contributed by atoms with van der Waals surface area (Å²) in [6.45, 7) is 0.797. The molecule has 0 unspecified atom stereocenters. The van der Waals surface area contributed by atoms with Gasteiger partial charge in [-0.15, -0.1) is 0 Å². The van der Waals surface area contributed by atoms with E-state index in [1.54, 1.807) is 6.20 Å². The van der Waals surface area contributed by atoms with E-state index >= 15 is 0 Å². The first kappa shape index (κ1) is 13.1. The Bertz CT molecular complexity index is 482. The third kappa shape index (κ3) is 4.18. The molecule has 18 heavy (non-hydrogen) atoms. The highest BCUT2D eigenvalue weighted by atomic mass is 32.2. The highest BCUT2D eigenvalue weighted by Crippen LogP contribution is 2.33. The standard InChI is InChI=1S/C12H16N2O3S/c15-10-5-7-14(6-1-2-9-3-4-9)12(13-10)18-8-11(16)17/h5,7,9H,1-4,6,8H2,(H,16,17). The Labute approximate surface area is 109 Å². The fraction of sp³-hybridized carbons (Fsp3) is 0.583. The molecular weight excluding hydrogens is 252 g/mol. The van der Waals surface area contributed by atoms with Crippen LogP contribution in [0.1, 0.15) is 25.7 Å². The summed E-state index contributed by atoms with van der Waals surface area (Å²) >= 11 is 1.10. The number of carbonyl (C=O) groups is 1. The fourth-order valence-corrected chi connectivity index (χ4v) is 2.51. The van der Waals surface area contributed by atoms with Gasteiger partial charge in [0.05, 0.1) is 5.75 Å². The molecule has 6 heteroatoms. The third-order valence-electron chi connectivity index (χ3n) is 2.88. The van der Waals surface area contributed by atoms with Crippen LogP contribution >= 0.6 is 11.8 Å². The molecular formula is C12H16N2O3S. The first-order valence-electron chi connectivity index (χ1n) is 6.07. The molecule has 5 nitrogen and oxygen atoms in total. The van der Waals surface area contributed by atoms with Crippen molar-refractivity contribution in [2.24, 2.45) is 5.92 Å². The maximum atomic E-state index is 11.2. The van der Waals surface area contributed by atoms with E-state index in [-0.39, 0.29) is 11.3 Å². The molecule has 0 radical (unpaired) electrons. The number of aliphatic carboxylic acids is 1. The van der Waals surface area contributed by atoms with Crippen LogP contribution in [0, 0.1) is 5.92 Å². The van der Waals surface area contributed by atoms with Crippen molar-refractivity contribution in [3.8, 4) is 0 Å². The molecule has 0 bridgehead atoms. The monoisotopic (exact) mass is 268 g/mol. The van der Waals surface area contributed by atoms with Crippen LogP contribution in [-0.2, 0) is 11.3 Å². The molecule has 1 heterocycles. The summed E-state index contributed by atoms with van der Waals surface area (Å²) in [4.78, 5) is 25.6. The van der Waals surface area contributed by atoms with E-state index in [9.17, 15) is 9.59 Å². The molecule has 1 N–H and O–H groups in total. The van der Waals surface area contributed by atoms with Gasteiger partial charge in [-0.1, -0.05) is 24.6 Å². The molecule has 1 aliphatic rings. The van der Waals surface area contributed by atoms with E-state index in [4.69, 9.17) is 5.11 Å². The van der Waals surface area contributed by atoms with Crippen molar-refractivity contribution >= 4 is 17.7 Å². The van der Waals surface area contributed by atoms with Crippen LogP contribution in [0.4, 0.5) is 0 Å². The zero-order valence-electron chi connectivity index (χ0n) is 10.0. The van der Waals surface area contributed by atoms with Crippen molar-refractivity contribution in [1.82, 2.24) is 9.55 Å². The number of rotatable bonds is 7. The summed E-state index contributed by atoms with van der Waals surface area (Å²) in [7, 11) is 0. The van der Waals surface area contributed by atoms with Crippen LogP contribution in [0.25, 0.3) is 0 Å². The van der Waals surface area contributed by atoms with Crippen molar-refractivity contribution in [3.63, 3.8) is 0 Å². The van der Waals surface area contributed by atoms with Crippen molar-refractivity contribution < 1.29 is 9.90 Å². The zero-order chi connectivity index (χ0) is 13.0. The van der Waals surface area contributed by atoms with E-state index in [2.05, 4.69) is 4.98 Å². The van der Waals surface area contributed by atoms with Crippen LogP contribution in [0.2, 0.25) is 0 Å². The molecule has 0 spiro atoms. The van der Waals surface area contributed by atoms with Crippen LogP contribution in [-0.4, -0.2) is 26.4 Å². The summed E-state index contributed by atoms with van der Waals surface area (Å²) < 4.78 is 1.87. The Morgan fingerprint density at radius 1 is 1.56 bits per heavy atom. The van der Waals surface area contributed by atoms with Gasteiger partial charge in [-0.25, -0.2) is 0 Å². The molecule has 1 saturated carbocycles. The maximum absolute atomic E-state index is 11.2. The molecule has 1 aromatic rings. The quantitative estimate of drug-likeness (QED) is 0.601. The van der Waals surface area contributed by atoms with Gasteiger partial charge in [0.2, 0.25) is 0 Å². The molecule has 2 rings (SSSR count). The Balaban J connectivity index is 1.96. The highest BCUT2D eigenvalue weighted by molar-refractivity contribution is 7.99. The lowest BCUT2D eigenvalue weighted by molar-refractivity contribution is -0.133. The summed E-state index contributed by atoms with van der Waals surface area (Å²) in [5.74, 6) is -0.0888. The number of hydrogen-bond acceptors (Lipinski definition) is 4. The normalized spacial score (nSPS) is 14.7. The molecule has 0 atom stereocenters. The average molecular weight is 268 g/mol. The van der Waals surface area contributed by atoms with Crippen LogP contribution in [0.15, 0.2) is 22.2 Å². The average Bonchev–Trinajstić information content (AvgIpc) is 3.13. The van der Waals surface area contributed by atoms with Gasteiger partial charge in [0.25, 0.3) is 5.56 Å². The van der Waals surface area contributed by atoms with Crippen molar-refractivity contribution in [2.45, 2.75) is 37.4 Å². The van der Waals surface area contributed by atoms with Crippen molar-refractivity contribution in [1.29, 1.82) is 0 Å². The molecule has 98 valence electrons. The van der Waals surface area contributed by atoms with Gasteiger partial charge in [0, 0.05) is 18.8 Å². The van der Waals surface area contributed by atoms with Gasteiger partial charge >= 0.3 is 5.97 Å². The lowest BCUT2D eigenvalue weighted by Gasteiger charge is -2.10. The Hall–Kier alpha value is -1.30. The van der Waals surface area contributed by atoms with E-state index in [1.165, 1.54) is 25.3 Å². The minimum atomic E-state index is -0.900. The molecule has 1 fully saturated rings. The summed E-state index contributed by atoms with van der Waals surface area (Å²) in [6, 6.07) is 1.42. The first-order chi connectivity index (χ1) is 8.65. The topological polar surface area (TPSA) is 72.2 Å². The Kier molecular flexibility index (Phi) is 4.41. The minimum absolute atomic E-state index is 0.0704. The lowest BCUT2D eigenvalue weighted by atomic mass is 10.2. The van der Waals surface area contributed by atoms with E-state index in [1.807, 2.05) is 4.57 Å². The number of thioether (sulfide) groups is 1. The zero-order valence-corrected chi connectivity index (χ0v) is 10.9. The molecule has 0 aliphatic heterocycles. The molecule has 1 aromatic heterocycles. The molecule has 0 aromatic carbocycles. The molecule has 0 amide bonds. The predicted molar refractivity (Wildman–Crippen MR) is 68.8 cm³/mol. The smallest absolute Gasteiger partial charge is 0.313 e. The van der Waals surface area contributed by atoms with Crippen LogP contribution in [0.3, 0.4) is 0 Å². The number of aromatic nitrogens is 2. The van der Waals surface area contributed by atoms with Gasteiger partial charge in [0.1, 0.15) is 0 Å². The predicted octanol–water partition coefficient (Wildman–Crippen LogP) is 1.61. The third-order valence-corrected chi connectivity index (χ3v) is 3.86. The number of aryl methyl sites for hydroxylation is 1. The van der Waals surface area contributed by atoms with Gasteiger partial charge < -0.3 is 9.67 Å². The maximum Gasteiger partial charge on any atom is 0.313 e. The Morgan fingerprint density at radius 2 is 2.33 bits per heavy atom. The molecule has 0 saturated heterocycles. The van der Waals surface area contributed by atoms with E-state index < -0.39 is 5.97 Å². The minimum Gasteiger partial charge on any atom is -0.481 e. The number of carboxylic acid groups (broad SMARTS) is 1. The first-order valence-corrected chi connectivity index (χ1v) is 7.06. The summed E-state index contributed by atoms with van der Waals surface area (Å²) in [6.07, 6.45) is 6.63. The van der Waals surface area contributed by atoms with E-state index in [0.29, 0.717) is 5.16 Å². The number of hydrogen-bond donors (Lipinski definition) is 1. The van der Waals surface area contributed by atoms with Gasteiger partial charge in [-0.3, -0.25) is 9.59 Å². The second kappa shape index (κ2) is 6.04. The summed E-state index contributed by atoms with van der Waals surface area (Å²) in [5, 5.41) is 9.16. The fourth-order valence-electron chi connectivity index (χ4n) is 1.78. The van der Waals surface area contributed by atoms with Crippen molar-refractivity contribution in [3.05, 3.63) is 22.6 Å². The van der Waals surface area contributed by atoms with Crippen LogP contribution in [0.5, 0.6) is 0 Å². The van der Waals surface area contributed by atoms with Gasteiger partial charge in [-0.05, 0) is 18.8 Å². The molecule has 1 aliphatic carbocycles. The second-order valence-corrected chi connectivity index (χ2v) is 5.45. The highest BCUT2D eigenvalue weighted by Gasteiger charge is 2.20. The van der Waals surface area contributed by atoms with Crippen molar-refractivity contribution in [2.75, 3.05) is 5.75 Å². The number of carboxylic acids is 1. The van der Waals surface area contributed by atoms with Gasteiger partial charge in [0.15, 0.2) is 5.16 Å². The lowest BCUT2D eigenvalue weighted by Crippen LogP contribution is -2.14. The largest absolute Gasteiger partial charge is 0.481 e. The second-order valence-electron chi connectivity index (χ2n) is 4.51. The van der Waals surface area contributed by atoms with Gasteiger partial charge in [-0.2, -0.15) is 4.98 Å². The number of nitrogens with zero attached hydrogens (tertiary/aromatic N) is 2. The SMILES string of the molecule is O=C(O)CSc1nc(=O)ccn1CCCC1CC1. The van der Waals surface area contributed by atoms with Crippen LogP contribution < -0.4 is 5.56 Å². The Morgan fingerprint density at radius 3 is 3.00 bits per heavy atom. The summed E-state index contributed by atoms with van der Waals surface area (Å²) in [5.41, 5.74) is -0.318. The van der Waals surface area contributed by atoms with E-state index in [0.717, 1.165) is 30.6 Å².